The number of amides is 1. The molecule has 0 spiro atoms. The molecule has 0 bridgehead atoms. The zero-order valence-corrected chi connectivity index (χ0v) is 25.2. The Hall–Kier alpha value is -4.68. The Morgan fingerprint density at radius 2 is 1.59 bits per heavy atom. The van der Waals surface area contributed by atoms with Crippen LogP contribution < -0.4 is 10.6 Å². The number of benzene rings is 2. The second-order valence-corrected chi connectivity index (χ2v) is 12.8. The quantitative estimate of drug-likeness (QED) is 0.273. The fraction of sp³-hybridized carbons (Fsp3) is 0.375. The van der Waals surface area contributed by atoms with E-state index in [0.29, 0.717) is 16.8 Å². The highest BCUT2D eigenvalue weighted by molar-refractivity contribution is 6.25. The van der Waals surface area contributed by atoms with Gasteiger partial charge in [0.2, 0.25) is 5.78 Å². The van der Waals surface area contributed by atoms with Crippen molar-refractivity contribution in [2.45, 2.75) is 38.3 Å². The van der Waals surface area contributed by atoms with Gasteiger partial charge in [-0.2, -0.15) is 0 Å². The van der Waals surface area contributed by atoms with Crippen LogP contribution in [0, 0.1) is 10.8 Å². The zero-order valence-electron chi connectivity index (χ0n) is 25.2. The topological polar surface area (TPSA) is 202 Å². The summed E-state index contributed by atoms with van der Waals surface area (Å²) >= 11 is 0. The number of phenols is 1. The number of hydrogen-bond donors (Lipinski definition) is 6. The van der Waals surface area contributed by atoms with Crippen molar-refractivity contribution in [1.29, 1.82) is 0 Å². The number of carbonyl (C=O) groups is 4. The van der Waals surface area contributed by atoms with Crippen LogP contribution in [0.15, 0.2) is 47.2 Å². The lowest BCUT2D eigenvalue weighted by molar-refractivity contribution is -0.176. The number of phenolic OH excluding ortho intramolecular Hbond substituents is 1. The van der Waals surface area contributed by atoms with Crippen LogP contribution in [0.25, 0.3) is 16.9 Å². The molecule has 2 aromatic rings. The molecule has 0 unspecified atom stereocenters. The third-order valence-electron chi connectivity index (χ3n) is 9.53. The fourth-order valence-electron chi connectivity index (χ4n) is 7.78. The molecule has 1 saturated carbocycles. The molecule has 12 nitrogen and oxygen atoms in total. The van der Waals surface area contributed by atoms with Gasteiger partial charge in [-0.25, -0.2) is 4.79 Å². The van der Waals surface area contributed by atoms with Crippen LogP contribution in [0.3, 0.4) is 0 Å². The van der Waals surface area contributed by atoms with Crippen LogP contribution in [0.5, 0.6) is 5.75 Å². The SMILES string of the molecule is CN(C)c1cc(-c2ccc(C(=O)O)cc2)c(O)c2c1C[C@@]1(C)C[C@@]3(C)[C@H](N(C)C)C(=O)C(C(N)=O)=C(O)[C@@]3(O)C(=O)C1=C2O. The average molecular weight is 606 g/mol. The summed E-state index contributed by atoms with van der Waals surface area (Å²) in [6, 6.07) is 6.23. The number of carbonyl (C=O) groups excluding carboxylic acids is 3. The molecule has 4 atom stereocenters. The number of primary amides is 1. The van der Waals surface area contributed by atoms with Crippen LogP contribution in [-0.4, -0.2) is 93.7 Å². The lowest BCUT2D eigenvalue weighted by Crippen LogP contribution is -2.72. The molecule has 0 heterocycles. The van der Waals surface area contributed by atoms with Crippen molar-refractivity contribution in [3.8, 4) is 16.9 Å². The van der Waals surface area contributed by atoms with Crippen LogP contribution in [0.4, 0.5) is 5.69 Å². The number of ketones is 2. The summed E-state index contributed by atoms with van der Waals surface area (Å²) in [7, 11) is 6.64. The van der Waals surface area contributed by atoms with Crippen LogP contribution in [0.2, 0.25) is 0 Å². The lowest BCUT2D eigenvalue weighted by atomic mass is 9.46. The number of fused-ring (bicyclic) bond motifs is 3. The maximum atomic E-state index is 14.5. The van der Waals surface area contributed by atoms with E-state index in [4.69, 9.17) is 5.73 Å². The van der Waals surface area contributed by atoms with Gasteiger partial charge >= 0.3 is 5.97 Å². The number of nitrogens with zero attached hydrogens (tertiary/aromatic N) is 2. The number of aromatic carboxylic acids is 1. The minimum atomic E-state index is -2.81. The van der Waals surface area contributed by atoms with Gasteiger partial charge in [-0.15, -0.1) is 0 Å². The molecule has 0 aliphatic heterocycles. The van der Waals surface area contributed by atoms with E-state index in [0.717, 1.165) is 0 Å². The first-order valence-corrected chi connectivity index (χ1v) is 13.9. The fourth-order valence-corrected chi connectivity index (χ4v) is 7.78. The van der Waals surface area contributed by atoms with E-state index in [1.54, 1.807) is 46.1 Å². The summed E-state index contributed by atoms with van der Waals surface area (Å²) in [6.07, 6.45) is 0.0116. The average Bonchev–Trinajstić information content (AvgIpc) is 2.90. The molecule has 12 heteroatoms. The molecule has 232 valence electrons. The number of aliphatic hydroxyl groups excluding tert-OH is 2. The van der Waals surface area contributed by atoms with E-state index in [1.165, 1.54) is 36.1 Å². The van der Waals surface area contributed by atoms with Gasteiger partial charge < -0.3 is 36.2 Å². The number of carboxylic acid groups (broad SMARTS) is 1. The largest absolute Gasteiger partial charge is 0.508 e. The number of aromatic hydroxyl groups is 1. The number of nitrogens with two attached hydrogens (primary N) is 1. The predicted molar refractivity (Wildman–Crippen MR) is 160 cm³/mol. The summed E-state index contributed by atoms with van der Waals surface area (Å²) < 4.78 is 0. The molecular weight excluding hydrogens is 570 g/mol. The Morgan fingerprint density at radius 1 is 1.00 bits per heavy atom. The second kappa shape index (κ2) is 9.66. The van der Waals surface area contributed by atoms with E-state index in [9.17, 15) is 44.7 Å². The van der Waals surface area contributed by atoms with E-state index >= 15 is 0 Å². The number of rotatable bonds is 5. The highest BCUT2D eigenvalue weighted by Crippen LogP contribution is 2.64. The zero-order chi connectivity index (χ0) is 32.8. The Kier molecular flexibility index (Phi) is 6.76. The molecule has 0 aromatic heterocycles. The van der Waals surface area contributed by atoms with Crippen molar-refractivity contribution in [3.05, 3.63) is 63.9 Å². The number of hydrogen-bond acceptors (Lipinski definition) is 10. The third kappa shape index (κ3) is 3.83. The molecule has 1 fully saturated rings. The van der Waals surface area contributed by atoms with Gasteiger partial charge in [-0.05, 0) is 56.3 Å². The van der Waals surface area contributed by atoms with E-state index in [-0.39, 0.29) is 40.9 Å². The summed E-state index contributed by atoms with van der Waals surface area (Å²) in [4.78, 5) is 55.0. The Bertz CT molecular complexity index is 1740. The molecule has 44 heavy (non-hydrogen) atoms. The van der Waals surface area contributed by atoms with Gasteiger partial charge in [0.15, 0.2) is 11.4 Å². The molecular formula is C32H35N3O9. The predicted octanol–water partition coefficient (Wildman–Crippen LogP) is 2.18. The molecule has 5 rings (SSSR count). The van der Waals surface area contributed by atoms with Crippen molar-refractivity contribution < 1.29 is 44.7 Å². The van der Waals surface area contributed by atoms with Crippen LogP contribution in [-0.2, 0) is 20.8 Å². The molecule has 0 radical (unpaired) electrons. The highest BCUT2D eigenvalue weighted by Gasteiger charge is 2.72. The van der Waals surface area contributed by atoms with Gasteiger partial charge in [0.25, 0.3) is 5.91 Å². The van der Waals surface area contributed by atoms with Crippen LogP contribution >= 0.6 is 0 Å². The van der Waals surface area contributed by atoms with E-state index in [1.807, 2.05) is 0 Å². The number of carboxylic acids is 1. The van der Waals surface area contributed by atoms with Gasteiger partial charge in [-0.3, -0.25) is 19.3 Å². The van der Waals surface area contributed by atoms with Crippen molar-refractivity contribution in [1.82, 2.24) is 4.90 Å². The maximum Gasteiger partial charge on any atom is 0.335 e. The van der Waals surface area contributed by atoms with E-state index in [2.05, 4.69) is 0 Å². The smallest absolute Gasteiger partial charge is 0.335 e. The second-order valence-electron chi connectivity index (χ2n) is 12.8. The Morgan fingerprint density at radius 3 is 2.09 bits per heavy atom. The van der Waals surface area contributed by atoms with Crippen molar-refractivity contribution in [2.75, 3.05) is 33.1 Å². The molecule has 2 aromatic carbocycles. The van der Waals surface area contributed by atoms with Gasteiger partial charge in [0.05, 0.1) is 17.2 Å². The van der Waals surface area contributed by atoms with Gasteiger partial charge in [0.1, 0.15) is 22.8 Å². The summed E-state index contributed by atoms with van der Waals surface area (Å²) in [5.74, 6) is -6.55. The van der Waals surface area contributed by atoms with Crippen molar-refractivity contribution in [2.24, 2.45) is 16.6 Å². The number of anilines is 1. The highest BCUT2D eigenvalue weighted by atomic mass is 16.4. The standard InChI is InChI=1S/C32H35N3O9/c1-30-12-17-18(34(3)4)11-16(14-7-9-15(10-8-14)29(42)43)22(36)19(17)23(37)21(30)27(40)32(44)26(39)20(28(33)41)24(38)25(35(5)6)31(32,2)13-30/h7-11,25,36-37,39,44H,12-13H2,1-6H3,(H2,33,41)(H,42,43)/t25-,30+,31+,32-/m1/s1. The maximum absolute atomic E-state index is 14.5. The van der Waals surface area contributed by atoms with Gasteiger partial charge in [0, 0.05) is 41.7 Å². The number of aliphatic hydroxyl groups is 3. The number of Topliss-reactive ketones (excluding diaryl/α,β-unsaturated/α-hetero) is 2. The molecule has 0 saturated heterocycles. The normalized spacial score (nSPS) is 28.0. The monoisotopic (exact) mass is 605 g/mol. The van der Waals surface area contributed by atoms with Crippen molar-refractivity contribution in [3.63, 3.8) is 0 Å². The molecule has 7 N–H and O–H groups in total. The molecule has 3 aliphatic rings. The Labute approximate surface area is 253 Å². The summed E-state index contributed by atoms with van der Waals surface area (Å²) in [6.45, 7) is 3.20. The first kappa shape index (κ1) is 30.8. The first-order valence-electron chi connectivity index (χ1n) is 13.9. The summed E-state index contributed by atoms with van der Waals surface area (Å²) in [5, 5.41) is 56.2. The van der Waals surface area contributed by atoms with Gasteiger partial charge in [-0.1, -0.05) is 26.0 Å². The molecule has 3 aliphatic carbocycles. The lowest BCUT2D eigenvalue weighted by Gasteiger charge is -2.59. The third-order valence-corrected chi connectivity index (χ3v) is 9.53. The number of likely N-dealkylation sites (N-methyl/N-ethyl adjacent to an activating group) is 1. The minimum Gasteiger partial charge on any atom is -0.508 e. The molecule has 1 amide bonds. The minimum absolute atomic E-state index is 0.0362. The van der Waals surface area contributed by atoms with E-state index < -0.39 is 63.0 Å². The van der Waals surface area contributed by atoms with Crippen LogP contribution in [0.1, 0.15) is 41.8 Å². The first-order chi connectivity index (χ1) is 20.3. The van der Waals surface area contributed by atoms with Crippen molar-refractivity contribution >= 4 is 34.9 Å². The summed E-state index contributed by atoms with van der Waals surface area (Å²) in [5.41, 5.74) is 0.372. The Balaban J connectivity index is 1.82.